The van der Waals surface area contributed by atoms with Crippen molar-refractivity contribution in [1.82, 2.24) is 0 Å². The highest BCUT2D eigenvalue weighted by molar-refractivity contribution is 5.91. The van der Waals surface area contributed by atoms with Gasteiger partial charge in [-0.3, -0.25) is 0 Å². The number of aromatic carboxylic acids is 1. The maximum atomic E-state index is 11.6. The Hall–Kier alpha value is -3.07. The van der Waals surface area contributed by atoms with Gasteiger partial charge in [0.05, 0.1) is 0 Å². The summed E-state index contributed by atoms with van der Waals surface area (Å²) in [6.07, 6.45) is 0.776. The molecule has 3 heteroatoms. The monoisotopic (exact) mass is 374 g/mol. The number of carbonyl (C=O) groups is 1. The molecule has 0 aliphatic carbocycles. The van der Waals surface area contributed by atoms with Gasteiger partial charge in [-0.25, -0.2) is 4.79 Å². The van der Waals surface area contributed by atoms with Gasteiger partial charge in [-0.1, -0.05) is 87.5 Å². The molecular formula is C25H26O3. The summed E-state index contributed by atoms with van der Waals surface area (Å²) < 4.78 is 0. The minimum Gasteiger partial charge on any atom is -0.507 e. The topological polar surface area (TPSA) is 57.5 Å². The van der Waals surface area contributed by atoms with Crippen molar-refractivity contribution < 1.29 is 15.0 Å². The highest BCUT2D eigenvalue weighted by Gasteiger charge is 2.37. The molecule has 28 heavy (non-hydrogen) atoms. The Morgan fingerprint density at radius 1 is 0.786 bits per heavy atom. The summed E-state index contributed by atoms with van der Waals surface area (Å²) in [4.78, 5) is 11.6. The standard InChI is InChI=1S/C25H26O3/c1-24(2,18-10-6-4-7-11-18)17-25(3,19-12-8-5-9-13-19)20-14-15-22(26)21(16-20)23(27)28/h4-16,26H,17H2,1-3H3,(H,27,28). The van der Waals surface area contributed by atoms with Gasteiger partial charge in [0.2, 0.25) is 0 Å². The van der Waals surface area contributed by atoms with Crippen LogP contribution >= 0.6 is 0 Å². The Kier molecular flexibility index (Phi) is 5.28. The normalized spacial score (nSPS) is 13.7. The lowest BCUT2D eigenvalue weighted by Gasteiger charge is -2.39. The van der Waals surface area contributed by atoms with Gasteiger partial charge in [-0.05, 0) is 40.7 Å². The first-order valence-corrected chi connectivity index (χ1v) is 9.42. The van der Waals surface area contributed by atoms with Gasteiger partial charge in [-0.15, -0.1) is 0 Å². The number of phenols is 1. The number of hydrogen-bond acceptors (Lipinski definition) is 2. The Labute approximate surface area is 166 Å². The van der Waals surface area contributed by atoms with Crippen molar-refractivity contribution in [3.63, 3.8) is 0 Å². The van der Waals surface area contributed by atoms with E-state index in [0.717, 1.165) is 17.5 Å². The van der Waals surface area contributed by atoms with Crippen LogP contribution in [0, 0.1) is 0 Å². The van der Waals surface area contributed by atoms with Crippen LogP contribution in [0.5, 0.6) is 5.75 Å². The van der Waals surface area contributed by atoms with Crippen LogP contribution in [0.1, 0.15) is 54.2 Å². The summed E-state index contributed by atoms with van der Waals surface area (Å²) in [6.45, 7) is 6.56. The molecule has 0 spiro atoms. The fourth-order valence-electron chi connectivity index (χ4n) is 4.10. The molecule has 2 N–H and O–H groups in total. The maximum Gasteiger partial charge on any atom is 0.339 e. The number of aromatic hydroxyl groups is 1. The molecule has 0 heterocycles. The van der Waals surface area contributed by atoms with E-state index in [1.807, 2.05) is 42.5 Å². The average Bonchev–Trinajstić information content (AvgIpc) is 2.69. The summed E-state index contributed by atoms with van der Waals surface area (Å²) in [6, 6.07) is 25.4. The third-order valence-corrected chi connectivity index (χ3v) is 5.63. The molecule has 1 atom stereocenters. The zero-order valence-electron chi connectivity index (χ0n) is 16.5. The molecule has 0 aromatic heterocycles. The van der Waals surface area contributed by atoms with Gasteiger partial charge in [0, 0.05) is 5.41 Å². The molecule has 0 saturated heterocycles. The lowest BCUT2D eigenvalue weighted by atomic mass is 9.64. The molecule has 0 amide bonds. The highest BCUT2D eigenvalue weighted by atomic mass is 16.4. The minimum atomic E-state index is -1.13. The lowest BCUT2D eigenvalue weighted by molar-refractivity contribution is 0.0693. The number of rotatable bonds is 6. The molecule has 3 rings (SSSR count). The summed E-state index contributed by atoms with van der Waals surface area (Å²) in [7, 11) is 0. The Morgan fingerprint density at radius 2 is 1.32 bits per heavy atom. The molecule has 0 aliphatic heterocycles. The van der Waals surface area contributed by atoms with Crippen molar-refractivity contribution >= 4 is 5.97 Å². The molecule has 1 unspecified atom stereocenters. The number of carboxylic acid groups (broad SMARTS) is 1. The van der Waals surface area contributed by atoms with Crippen molar-refractivity contribution in [2.75, 3.05) is 0 Å². The molecule has 3 aromatic carbocycles. The van der Waals surface area contributed by atoms with E-state index in [1.54, 1.807) is 6.07 Å². The van der Waals surface area contributed by atoms with Gasteiger partial charge in [-0.2, -0.15) is 0 Å². The summed E-state index contributed by atoms with van der Waals surface area (Å²) in [5.74, 6) is -1.34. The van der Waals surface area contributed by atoms with Crippen molar-refractivity contribution in [3.8, 4) is 5.75 Å². The molecular weight excluding hydrogens is 348 g/mol. The largest absolute Gasteiger partial charge is 0.507 e. The zero-order chi connectivity index (χ0) is 20.4. The van der Waals surface area contributed by atoms with Crippen LogP contribution in [-0.4, -0.2) is 16.2 Å². The molecule has 0 aliphatic rings. The first-order valence-electron chi connectivity index (χ1n) is 9.42. The van der Waals surface area contributed by atoms with Crippen molar-refractivity contribution in [2.45, 2.75) is 38.0 Å². The van der Waals surface area contributed by atoms with E-state index in [1.165, 1.54) is 11.6 Å². The third kappa shape index (κ3) is 3.79. The van der Waals surface area contributed by atoms with E-state index in [2.05, 4.69) is 45.0 Å². The second-order valence-electron chi connectivity index (χ2n) is 8.16. The van der Waals surface area contributed by atoms with Crippen LogP contribution in [-0.2, 0) is 10.8 Å². The number of benzene rings is 3. The summed E-state index contributed by atoms with van der Waals surface area (Å²) in [5, 5.41) is 19.4. The highest BCUT2D eigenvalue weighted by Crippen LogP contribution is 2.44. The quantitative estimate of drug-likeness (QED) is 0.576. The van der Waals surface area contributed by atoms with Gasteiger partial charge < -0.3 is 10.2 Å². The van der Waals surface area contributed by atoms with Gasteiger partial charge in [0.1, 0.15) is 11.3 Å². The Bertz CT molecular complexity index is 962. The van der Waals surface area contributed by atoms with Crippen LogP contribution in [0.15, 0.2) is 78.9 Å². The van der Waals surface area contributed by atoms with E-state index in [4.69, 9.17) is 0 Å². The molecule has 0 fully saturated rings. The van der Waals surface area contributed by atoms with Crippen molar-refractivity contribution in [3.05, 3.63) is 101 Å². The number of hydrogen-bond donors (Lipinski definition) is 2. The predicted octanol–water partition coefficient (Wildman–Crippen LogP) is 5.76. The summed E-state index contributed by atoms with van der Waals surface area (Å²) >= 11 is 0. The maximum absolute atomic E-state index is 11.6. The van der Waals surface area contributed by atoms with Crippen molar-refractivity contribution in [1.29, 1.82) is 0 Å². The molecule has 0 bridgehead atoms. The molecule has 0 saturated carbocycles. The van der Waals surface area contributed by atoms with Gasteiger partial charge in [0.25, 0.3) is 0 Å². The van der Waals surface area contributed by atoms with Crippen LogP contribution in [0.3, 0.4) is 0 Å². The van der Waals surface area contributed by atoms with Crippen LogP contribution in [0.2, 0.25) is 0 Å². The molecule has 3 aromatic rings. The average molecular weight is 374 g/mol. The second-order valence-corrected chi connectivity index (χ2v) is 8.16. The van der Waals surface area contributed by atoms with Gasteiger partial charge >= 0.3 is 5.97 Å². The van der Waals surface area contributed by atoms with Crippen LogP contribution in [0.25, 0.3) is 0 Å². The first-order chi connectivity index (χ1) is 13.2. The molecule has 3 nitrogen and oxygen atoms in total. The smallest absolute Gasteiger partial charge is 0.339 e. The lowest BCUT2D eigenvalue weighted by Crippen LogP contribution is -2.33. The van der Waals surface area contributed by atoms with Crippen molar-refractivity contribution in [2.24, 2.45) is 0 Å². The third-order valence-electron chi connectivity index (χ3n) is 5.63. The second kappa shape index (κ2) is 7.51. The van der Waals surface area contributed by atoms with Crippen LogP contribution in [0.4, 0.5) is 0 Å². The Balaban J connectivity index is 2.15. The van der Waals surface area contributed by atoms with E-state index in [9.17, 15) is 15.0 Å². The van der Waals surface area contributed by atoms with Gasteiger partial charge in [0.15, 0.2) is 0 Å². The van der Waals surface area contributed by atoms with Crippen LogP contribution < -0.4 is 0 Å². The van der Waals surface area contributed by atoms with E-state index < -0.39 is 11.4 Å². The predicted molar refractivity (Wildman–Crippen MR) is 112 cm³/mol. The first kappa shape index (κ1) is 19.7. The molecule has 0 radical (unpaired) electrons. The van der Waals surface area contributed by atoms with E-state index in [0.29, 0.717) is 0 Å². The molecule has 144 valence electrons. The fraction of sp³-hybridized carbons (Fsp3) is 0.240. The summed E-state index contributed by atoms with van der Waals surface area (Å²) in [5.41, 5.74) is 2.57. The fourth-order valence-corrected chi connectivity index (χ4v) is 4.10. The Morgan fingerprint density at radius 3 is 1.86 bits per heavy atom. The van der Waals surface area contributed by atoms with E-state index >= 15 is 0 Å². The number of carboxylic acids is 1. The minimum absolute atomic E-state index is 0.0721. The SMILES string of the molecule is CC(C)(CC(C)(c1ccccc1)c1ccc(O)c(C(=O)O)c1)c1ccccc1. The van der Waals surface area contributed by atoms with E-state index in [-0.39, 0.29) is 16.7 Å². The zero-order valence-corrected chi connectivity index (χ0v) is 16.5.